The van der Waals surface area contributed by atoms with Crippen molar-refractivity contribution >= 4 is 0 Å². The van der Waals surface area contributed by atoms with Gasteiger partial charge in [0, 0.05) is 29.1 Å². The van der Waals surface area contributed by atoms with Gasteiger partial charge < -0.3 is 14.6 Å². The normalized spacial score (nSPS) is 18.8. The van der Waals surface area contributed by atoms with E-state index >= 15 is 0 Å². The molecule has 1 unspecified atom stereocenters. The van der Waals surface area contributed by atoms with E-state index in [1.807, 2.05) is 45.0 Å². The Kier molecular flexibility index (Phi) is 7.60. The SMILES string of the molecule is CCOC1CC(C)(C)Cc2nc(C(C)C)c([C@@H](O)c3ccc(OC(C)(C)C)cc3)c(CC)c21. The summed E-state index contributed by atoms with van der Waals surface area (Å²) in [5.74, 6) is 1.02. The topological polar surface area (TPSA) is 51.6 Å². The lowest BCUT2D eigenvalue weighted by molar-refractivity contribution is 0.0182. The van der Waals surface area contributed by atoms with Gasteiger partial charge in [0.25, 0.3) is 0 Å². The second-order valence-corrected chi connectivity index (χ2v) is 11.4. The highest BCUT2D eigenvalue weighted by molar-refractivity contribution is 5.49. The number of pyridine rings is 1. The van der Waals surface area contributed by atoms with Crippen molar-refractivity contribution < 1.29 is 14.6 Å². The fourth-order valence-corrected chi connectivity index (χ4v) is 5.09. The van der Waals surface area contributed by atoms with Crippen LogP contribution < -0.4 is 4.74 Å². The monoisotopic (exact) mass is 453 g/mol. The third kappa shape index (κ3) is 5.78. The van der Waals surface area contributed by atoms with Gasteiger partial charge in [-0.15, -0.1) is 0 Å². The minimum absolute atomic E-state index is 0.0194. The zero-order valence-corrected chi connectivity index (χ0v) is 22.1. The summed E-state index contributed by atoms with van der Waals surface area (Å²) in [7, 11) is 0. The summed E-state index contributed by atoms with van der Waals surface area (Å²) in [6, 6.07) is 7.83. The highest BCUT2D eigenvalue weighted by Gasteiger charge is 2.38. The lowest BCUT2D eigenvalue weighted by Crippen LogP contribution is -2.31. The average molecular weight is 454 g/mol. The Morgan fingerprint density at radius 1 is 1.12 bits per heavy atom. The molecule has 4 nitrogen and oxygen atoms in total. The van der Waals surface area contributed by atoms with Gasteiger partial charge in [0.05, 0.1) is 6.10 Å². The number of benzene rings is 1. The molecule has 182 valence electrons. The summed E-state index contributed by atoms with van der Waals surface area (Å²) in [4.78, 5) is 5.20. The smallest absolute Gasteiger partial charge is 0.120 e. The summed E-state index contributed by atoms with van der Waals surface area (Å²) < 4.78 is 12.2. The molecule has 1 aromatic carbocycles. The van der Waals surface area contributed by atoms with Gasteiger partial charge in [-0.1, -0.05) is 46.8 Å². The number of fused-ring (bicyclic) bond motifs is 1. The van der Waals surface area contributed by atoms with E-state index in [1.54, 1.807) is 0 Å². The van der Waals surface area contributed by atoms with Gasteiger partial charge >= 0.3 is 0 Å². The molecule has 2 aromatic rings. The van der Waals surface area contributed by atoms with Crippen molar-refractivity contribution in [2.75, 3.05) is 6.61 Å². The number of aliphatic hydroxyl groups is 1. The van der Waals surface area contributed by atoms with Crippen LogP contribution in [0.4, 0.5) is 0 Å². The van der Waals surface area contributed by atoms with E-state index in [4.69, 9.17) is 14.5 Å². The van der Waals surface area contributed by atoms with Crippen LogP contribution in [0.15, 0.2) is 24.3 Å². The van der Waals surface area contributed by atoms with Crippen LogP contribution in [0, 0.1) is 5.41 Å². The number of aromatic nitrogens is 1. The number of hydrogen-bond acceptors (Lipinski definition) is 4. The van der Waals surface area contributed by atoms with Gasteiger partial charge in [-0.3, -0.25) is 4.98 Å². The third-order valence-corrected chi connectivity index (χ3v) is 6.36. The lowest BCUT2D eigenvalue weighted by atomic mass is 9.72. The molecule has 1 aromatic heterocycles. The van der Waals surface area contributed by atoms with Crippen LogP contribution >= 0.6 is 0 Å². The predicted molar refractivity (Wildman–Crippen MR) is 135 cm³/mol. The van der Waals surface area contributed by atoms with E-state index in [1.165, 1.54) is 11.1 Å². The first-order chi connectivity index (χ1) is 15.4. The maximum absolute atomic E-state index is 11.7. The first-order valence-electron chi connectivity index (χ1n) is 12.5. The van der Waals surface area contributed by atoms with Crippen molar-refractivity contribution in [2.24, 2.45) is 5.41 Å². The van der Waals surface area contributed by atoms with Crippen molar-refractivity contribution in [1.29, 1.82) is 0 Å². The highest BCUT2D eigenvalue weighted by Crippen LogP contribution is 2.46. The maximum atomic E-state index is 11.7. The Morgan fingerprint density at radius 3 is 2.27 bits per heavy atom. The first kappa shape index (κ1) is 25.7. The number of nitrogens with zero attached hydrogens (tertiary/aromatic N) is 1. The number of ether oxygens (including phenoxy) is 2. The van der Waals surface area contributed by atoms with Crippen LogP contribution in [-0.2, 0) is 17.6 Å². The molecule has 3 rings (SSSR count). The molecule has 0 radical (unpaired) electrons. The van der Waals surface area contributed by atoms with Crippen LogP contribution in [-0.4, -0.2) is 22.3 Å². The molecule has 33 heavy (non-hydrogen) atoms. The minimum Gasteiger partial charge on any atom is -0.488 e. The molecule has 0 saturated carbocycles. The van der Waals surface area contributed by atoms with Crippen LogP contribution in [0.25, 0.3) is 0 Å². The molecule has 0 bridgehead atoms. The van der Waals surface area contributed by atoms with E-state index in [9.17, 15) is 5.11 Å². The summed E-state index contributed by atoms with van der Waals surface area (Å²) in [6.45, 7) is 19.9. The molecular formula is C29H43NO3. The zero-order valence-electron chi connectivity index (χ0n) is 22.1. The van der Waals surface area contributed by atoms with E-state index in [0.717, 1.165) is 47.5 Å². The molecule has 2 atom stereocenters. The molecule has 0 aliphatic heterocycles. The van der Waals surface area contributed by atoms with Gasteiger partial charge in [0.15, 0.2) is 0 Å². The molecule has 0 fully saturated rings. The highest BCUT2D eigenvalue weighted by atomic mass is 16.5. The molecule has 0 amide bonds. The van der Waals surface area contributed by atoms with Crippen molar-refractivity contribution in [3.63, 3.8) is 0 Å². The van der Waals surface area contributed by atoms with E-state index in [0.29, 0.717) is 6.61 Å². The predicted octanol–water partition coefficient (Wildman–Crippen LogP) is 7.08. The Bertz CT molecular complexity index is 954. The van der Waals surface area contributed by atoms with Crippen LogP contribution in [0.5, 0.6) is 5.75 Å². The Morgan fingerprint density at radius 2 is 1.76 bits per heavy atom. The summed E-state index contributed by atoms with van der Waals surface area (Å²) in [5.41, 5.74) is 6.27. The quantitative estimate of drug-likeness (QED) is 0.487. The third-order valence-electron chi connectivity index (χ3n) is 6.36. The maximum Gasteiger partial charge on any atom is 0.120 e. The van der Waals surface area contributed by atoms with Gasteiger partial charge in [0.2, 0.25) is 0 Å². The molecule has 1 heterocycles. The van der Waals surface area contributed by atoms with Crippen molar-refractivity contribution in [2.45, 2.75) is 105 Å². The molecule has 4 heteroatoms. The molecule has 0 saturated heterocycles. The van der Waals surface area contributed by atoms with Crippen LogP contribution in [0.1, 0.15) is 121 Å². The Hall–Kier alpha value is -1.91. The minimum atomic E-state index is -0.740. The van der Waals surface area contributed by atoms with Gasteiger partial charge in [-0.05, 0) is 81.5 Å². The van der Waals surface area contributed by atoms with E-state index < -0.39 is 6.10 Å². The van der Waals surface area contributed by atoms with Gasteiger partial charge in [-0.25, -0.2) is 0 Å². The van der Waals surface area contributed by atoms with Crippen LogP contribution in [0.2, 0.25) is 0 Å². The Labute approximate surface area is 200 Å². The summed E-state index contributed by atoms with van der Waals surface area (Å²) >= 11 is 0. The van der Waals surface area contributed by atoms with Crippen molar-refractivity contribution in [1.82, 2.24) is 4.98 Å². The summed E-state index contributed by atoms with van der Waals surface area (Å²) in [6.07, 6.45) is 2.03. The molecule has 1 aliphatic carbocycles. The van der Waals surface area contributed by atoms with E-state index in [-0.39, 0.29) is 23.0 Å². The number of rotatable bonds is 7. The average Bonchev–Trinajstić information content (AvgIpc) is 2.70. The number of aliphatic hydroxyl groups excluding tert-OH is 1. The zero-order chi connectivity index (χ0) is 24.6. The fraction of sp³-hybridized carbons (Fsp3) is 0.621. The fourth-order valence-electron chi connectivity index (χ4n) is 5.09. The first-order valence-corrected chi connectivity index (χ1v) is 12.5. The molecule has 1 N–H and O–H groups in total. The molecule has 1 aliphatic rings. The Balaban J connectivity index is 2.14. The lowest BCUT2D eigenvalue weighted by Gasteiger charge is -2.39. The standard InChI is InChI=1S/C29H43NO3/c1-10-21-24-22(16-29(8,9)17-23(24)32-11-2)30-26(18(3)4)25(21)27(31)19-12-14-20(15-13-19)33-28(5,6)7/h12-15,18,23,27,31H,10-11,16-17H2,1-9H3/t23?,27-/m0/s1. The van der Waals surface area contributed by atoms with Crippen molar-refractivity contribution in [3.05, 3.63) is 57.9 Å². The van der Waals surface area contributed by atoms with Crippen molar-refractivity contribution in [3.8, 4) is 5.75 Å². The van der Waals surface area contributed by atoms with Gasteiger partial charge in [-0.2, -0.15) is 0 Å². The van der Waals surface area contributed by atoms with Crippen LogP contribution in [0.3, 0.4) is 0 Å². The summed E-state index contributed by atoms with van der Waals surface area (Å²) in [5, 5.41) is 11.7. The number of hydrogen-bond donors (Lipinski definition) is 1. The van der Waals surface area contributed by atoms with E-state index in [2.05, 4.69) is 41.5 Å². The second kappa shape index (κ2) is 9.76. The second-order valence-electron chi connectivity index (χ2n) is 11.4. The molecular weight excluding hydrogens is 410 g/mol. The molecule has 0 spiro atoms. The largest absolute Gasteiger partial charge is 0.488 e. The van der Waals surface area contributed by atoms with Gasteiger partial charge in [0.1, 0.15) is 17.5 Å².